The molecule has 0 spiro atoms. The molecule has 6 heteroatoms. The molecule has 5 nitrogen and oxygen atoms in total. The first kappa shape index (κ1) is 14.1. The van der Waals surface area contributed by atoms with Crippen molar-refractivity contribution >= 4 is 28.1 Å². The molecular weight excluding hydrogens is 310 g/mol. The molecule has 1 aliphatic heterocycles. The summed E-state index contributed by atoms with van der Waals surface area (Å²) in [6, 6.07) is 11.8. The third kappa shape index (κ3) is 2.66. The molecule has 0 aliphatic carbocycles. The van der Waals surface area contributed by atoms with E-state index in [1.54, 1.807) is 10.4 Å². The van der Waals surface area contributed by atoms with Gasteiger partial charge in [-0.2, -0.15) is 0 Å². The van der Waals surface area contributed by atoms with E-state index in [2.05, 4.69) is 9.97 Å². The highest BCUT2D eigenvalue weighted by Crippen LogP contribution is 2.23. The number of benzene rings is 1. The molecule has 23 heavy (non-hydrogen) atoms. The maximum atomic E-state index is 12.3. The predicted octanol–water partition coefficient (Wildman–Crippen LogP) is 2.90. The summed E-state index contributed by atoms with van der Waals surface area (Å²) in [6.45, 7) is 3.03. The van der Waals surface area contributed by atoms with Gasteiger partial charge in [0.05, 0.1) is 29.8 Å². The number of pyridine rings is 1. The van der Waals surface area contributed by atoms with Gasteiger partial charge in [-0.1, -0.05) is 18.2 Å². The Bertz CT molecular complexity index is 871. The molecule has 0 atom stereocenters. The second kappa shape index (κ2) is 5.62. The van der Waals surface area contributed by atoms with E-state index < -0.39 is 0 Å². The molecule has 4 rings (SSSR count). The highest BCUT2D eigenvalue weighted by atomic mass is 32.1. The van der Waals surface area contributed by atoms with Gasteiger partial charge < -0.3 is 9.64 Å². The Labute approximate surface area is 137 Å². The van der Waals surface area contributed by atoms with Crippen LogP contribution in [0.1, 0.15) is 15.4 Å². The molecule has 2 aromatic heterocycles. The van der Waals surface area contributed by atoms with Gasteiger partial charge in [-0.25, -0.2) is 9.97 Å². The van der Waals surface area contributed by atoms with E-state index in [0.717, 1.165) is 16.6 Å². The lowest BCUT2D eigenvalue weighted by atomic mass is 10.1. The Hall–Kier alpha value is -2.47. The molecule has 0 unspecified atom stereocenters. The first-order valence-corrected chi connectivity index (χ1v) is 8.30. The van der Waals surface area contributed by atoms with Crippen LogP contribution in [0, 0.1) is 6.92 Å². The van der Waals surface area contributed by atoms with E-state index in [1.807, 2.05) is 43.3 Å². The minimum absolute atomic E-state index is 0.000778. The van der Waals surface area contributed by atoms with Gasteiger partial charge >= 0.3 is 0 Å². The third-order valence-electron chi connectivity index (χ3n) is 3.94. The number of hydrogen-bond acceptors (Lipinski definition) is 5. The maximum Gasteiger partial charge on any atom is 0.266 e. The van der Waals surface area contributed by atoms with Crippen molar-refractivity contribution in [3.8, 4) is 5.88 Å². The fourth-order valence-corrected chi connectivity index (χ4v) is 3.38. The molecule has 3 aromatic rings. The summed E-state index contributed by atoms with van der Waals surface area (Å²) in [6.07, 6.45) is 0.000778. The van der Waals surface area contributed by atoms with Crippen LogP contribution in [0.4, 0.5) is 0 Å². The van der Waals surface area contributed by atoms with E-state index in [4.69, 9.17) is 4.74 Å². The summed E-state index contributed by atoms with van der Waals surface area (Å²) in [7, 11) is 0. The first-order valence-electron chi connectivity index (χ1n) is 7.42. The average Bonchev–Trinajstić information content (AvgIpc) is 2.96. The zero-order valence-electron chi connectivity index (χ0n) is 12.6. The molecule has 1 saturated heterocycles. The van der Waals surface area contributed by atoms with Gasteiger partial charge in [-0.3, -0.25) is 4.79 Å². The topological polar surface area (TPSA) is 55.3 Å². The number of hydrogen-bond donors (Lipinski definition) is 0. The largest absolute Gasteiger partial charge is 0.471 e. The van der Waals surface area contributed by atoms with Gasteiger partial charge in [0.25, 0.3) is 5.91 Å². The quantitative estimate of drug-likeness (QED) is 0.743. The lowest BCUT2D eigenvalue weighted by molar-refractivity contribution is 0.0164. The van der Waals surface area contributed by atoms with E-state index >= 15 is 0 Å². The van der Waals surface area contributed by atoms with Crippen molar-refractivity contribution < 1.29 is 9.53 Å². The van der Waals surface area contributed by atoms with Crippen LogP contribution in [0.2, 0.25) is 0 Å². The lowest BCUT2D eigenvalue weighted by Crippen LogP contribution is -2.56. The summed E-state index contributed by atoms with van der Waals surface area (Å²) in [5, 5.41) is 1.09. The summed E-state index contributed by atoms with van der Waals surface area (Å²) < 4.78 is 5.87. The average molecular weight is 325 g/mol. The Morgan fingerprint density at radius 3 is 2.87 bits per heavy atom. The smallest absolute Gasteiger partial charge is 0.266 e. The van der Waals surface area contributed by atoms with Crippen molar-refractivity contribution in [1.29, 1.82) is 0 Å². The fourth-order valence-electron chi connectivity index (χ4n) is 2.61. The number of likely N-dealkylation sites (tertiary alicyclic amines) is 1. The summed E-state index contributed by atoms with van der Waals surface area (Å²) in [4.78, 5) is 23.4. The van der Waals surface area contributed by atoms with Gasteiger partial charge in [0.15, 0.2) is 0 Å². The number of fused-ring (bicyclic) bond motifs is 1. The van der Waals surface area contributed by atoms with Crippen LogP contribution in [-0.4, -0.2) is 40.0 Å². The van der Waals surface area contributed by atoms with Crippen LogP contribution >= 0.6 is 11.3 Å². The summed E-state index contributed by atoms with van der Waals surface area (Å²) >= 11 is 1.39. The molecule has 3 heterocycles. The van der Waals surface area contributed by atoms with Gasteiger partial charge in [0.2, 0.25) is 5.88 Å². The number of ether oxygens (including phenoxy) is 1. The summed E-state index contributed by atoms with van der Waals surface area (Å²) in [5.74, 6) is 0.645. The molecule has 1 amide bonds. The molecule has 1 aliphatic rings. The van der Waals surface area contributed by atoms with E-state index in [1.165, 1.54) is 11.3 Å². The van der Waals surface area contributed by atoms with Gasteiger partial charge in [-0.05, 0) is 19.1 Å². The number of carbonyl (C=O) groups is 1. The number of aromatic nitrogens is 2. The van der Waals surface area contributed by atoms with E-state index in [9.17, 15) is 4.79 Å². The molecule has 0 N–H and O–H groups in total. The minimum Gasteiger partial charge on any atom is -0.471 e. The number of nitrogens with zero attached hydrogens (tertiary/aromatic N) is 3. The number of thiazole rings is 1. The van der Waals surface area contributed by atoms with Crippen molar-refractivity contribution in [3.05, 3.63) is 52.5 Å². The minimum atomic E-state index is 0.000778. The lowest BCUT2D eigenvalue weighted by Gasteiger charge is -2.38. The Balaban J connectivity index is 1.40. The third-order valence-corrected chi connectivity index (χ3v) is 4.85. The highest BCUT2D eigenvalue weighted by molar-refractivity contribution is 7.11. The normalized spacial score (nSPS) is 14.7. The second-order valence-electron chi connectivity index (χ2n) is 5.56. The molecule has 0 radical (unpaired) electrons. The summed E-state index contributed by atoms with van der Waals surface area (Å²) in [5.41, 5.74) is 3.41. The van der Waals surface area contributed by atoms with Crippen LogP contribution in [0.5, 0.6) is 5.88 Å². The van der Waals surface area contributed by atoms with Crippen LogP contribution < -0.4 is 4.74 Å². The zero-order valence-corrected chi connectivity index (χ0v) is 13.4. The Kier molecular flexibility index (Phi) is 3.46. The Morgan fingerprint density at radius 1 is 1.26 bits per heavy atom. The van der Waals surface area contributed by atoms with E-state index in [-0.39, 0.29) is 12.0 Å². The van der Waals surface area contributed by atoms with Crippen LogP contribution in [-0.2, 0) is 0 Å². The standard InChI is InChI=1S/C17H15N3O2S/c1-11-16(23-10-18-11)17(21)20-8-13(9-20)22-15-7-6-12-4-2-3-5-14(12)19-15/h2-7,10,13H,8-9H2,1H3. The number of aryl methyl sites for hydroxylation is 1. The monoisotopic (exact) mass is 325 g/mol. The molecule has 1 aromatic carbocycles. The van der Waals surface area contributed by atoms with Gasteiger partial charge in [0.1, 0.15) is 11.0 Å². The van der Waals surface area contributed by atoms with Crippen molar-refractivity contribution in [2.45, 2.75) is 13.0 Å². The number of amides is 1. The van der Waals surface area contributed by atoms with Crippen molar-refractivity contribution in [2.75, 3.05) is 13.1 Å². The van der Waals surface area contributed by atoms with Crippen molar-refractivity contribution in [1.82, 2.24) is 14.9 Å². The van der Waals surface area contributed by atoms with Crippen LogP contribution in [0.25, 0.3) is 10.9 Å². The number of rotatable bonds is 3. The highest BCUT2D eigenvalue weighted by Gasteiger charge is 2.34. The molecule has 116 valence electrons. The predicted molar refractivity (Wildman–Crippen MR) is 88.9 cm³/mol. The zero-order chi connectivity index (χ0) is 15.8. The van der Waals surface area contributed by atoms with E-state index in [0.29, 0.717) is 23.8 Å². The van der Waals surface area contributed by atoms with Gasteiger partial charge in [0, 0.05) is 11.5 Å². The first-order chi connectivity index (χ1) is 11.2. The SMILES string of the molecule is Cc1ncsc1C(=O)N1CC(Oc2ccc3ccccc3n2)C1. The Morgan fingerprint density at radius 2 is 2.09 bits per heavy atom. The van der Waals surface area contributed by atoms with Crippen molar-refractivity contribution in [2.24, 2.45) is 0 Å². The van der Waals surface area contributed by atoms with Crippen molar-refractivity contribution in [3.63, 3.8) is 0 Å². The number of carbonyl (C=O) groups excluding carboxylic acids is 1. The fraction of sp³-hybridized carbons (Fsp3) is 0.235. The van der Waals surface area contributed by atoms with Gasteiger partial charge in [-0.15, -0.1) is 11.3 Å². The maximum absolute atomic E-state index is 12.3. The van der Waals surface area contributed by atoms with Crippen LogP contribution in [0.15, 0.2) is 41.9 Å². The van der Waals surface area contributed by atoms with Crippen LogP contribution in [0.3, 0.4) is 0 Å². The second-order valence-corrected chi connectivity index (χ2v) is 6.41. The molecule has 0 saturated carbocycles. The molecular formula is C17H15N3O2S. The molecule has 0 bridgehead atoms. The molecule has 1 fully saturated rings. The number of para-hydroxylation sites is 1.